The lowest BCUT2D eigenvalue weighted by atomic mass is 9.87. The summed E-state index contributed by atoms with van der Waals surface area (Å²) in [7, 11) is 1.91. The fourth-order valence-electron chi connectivity index (χ4n) is 4.53. The van der Waals surface area contributed by atoms with Gasteiger partial charge in [-0.15, -0.1) is 0 Å². The molecule has 0 aliphatic heterocycles. The second-order valence-corrected chi connectivity index (χ2v) is 10.5. The molecule has 0 saturated carbocycles. The molecule has 2 heterocycles. The summed E-state index contributed by atoms with van der Waals surface area (Å²) in [5.41, 5.74) is 4.73. The molecule has 0 saturated heterocycles. The number of imidazole rings is 2. The molecule has 0 aliphatic carbocycles. The number of rotatable bonds is 11. The summed E-state index contributed by atoms with van der Waals surface area (Å²) in [5.74, 6) is -0.851. The third-order valence-corrected chi connectivity index (χ3v) is 6.66. The Morgan fingerprint density at radius 3 is 2.58 bits per heavy atom. The van der Waals surface area contributed by atoms with Crippen molar-refractivity contribution in [3.63, 3.8) is 0 Å². The summed E-state index contributed by atoms with van der Waals surface area (Å²) in [6.07, 6.45) is 8.25. The van der Waals surface area contributed by atoms with E-state index in [0.717, 1.165) is 28.1 Å². The molecule has 36 heavy (non-hydrogen) atoms. The highest BCUT2D eigenvalue weighted by molar-refractivity contribution is 5.73. The van der Waals surface area contributed by atoms with E-state index in [4.69, 9.17) is 9.57 Å². The third-order valence-electron chi connectivity index (χ3n) is 6.66. The van der Waals surface area contributed by atoms with Crippen molar-refractivity contribution in [1.29, 1.82) is 0 Å². The maximum atomic E-state index is 13.0. The van der Waals surface area contributed by atoms with Crippen molar-refractivity contribution in [1.82, 2.24) is 19.3 Å². The number of aromatic nitrogens is 4. The lowest BCUT2D eigenvalue weighted by Crippen LogP contribution is -2.30. The first kappa shape index (κ1) is 27.5. The zero-order valence-corrected chi connectivity index (χ0v) is 22.6. The summed E-state index contributed by atoms with van der Waals surface area (Å²) in [6.45, 7) is 12.2. The lowest BCUT2D eigenvalue weighted by molar-refractivity contribution is -0.152. The van der Waals surface area contributed by atoms with Crippen LogP contribution in [0.25, 0.3) is 0 Å². The first-order chi connectivity index (χ1) is 17.0. The molecule has 0 amide bonds. The quantitative estimate of drug-likeness (QED) is 0.400. The molecule has 3 atom stereocenters. The van der Waals surface area contributed by atoms with E-state index in [1.165, 1.54) is 0 Å². The van der Waals surface area contributed by atoms with Crippen LogP contribution in [-0.4, -0.2) is 42.5 Å². The van der Waals surface area contributed by atoms with Crippen LogP contribution in [0.1, 0.15) is 75.0 Å². The molecule has 0 bridgehead atoms. The summed E-state index contributed by atoms with van der Waals surface area (Å²) in [6, 6.07) is 6.06. The highest BCUT2D eigenvalue weighted by atomic mass is 16.7. The second-order valence-electron chi connectivity index (χ2n) is 10.5. The predicted molar refractivity (Wildman–Crippen MR) is 138 cm³/mol. The van der Waals surface area contributed by atoms with Gasteiger partial charge < -0.3 is 19.2 Å². The maximum absolute atomic E-state index is 13.0. The van der Waals surface area contributed by atoms with Crippen LogP contribution in [0.2, 0.25) is 0 Å². The molecule has 0 unspecified atom stereocenters. The molecule has 0 spiro atoms. The SMILES string of the molecule is CC[C@H](C(=O)OCc1cccc([C@H](C)c2cn(OC(C)(C)C)cn2)c1C)[C@H](CO)Cc1cncn1C. The molecular formula is C28H40N4O4. The predicted octanol–water partition coefficient (Wildman–Crippen LogP) is 4.22. The normalized spacial score (nSPS) is 14.3. The van der Waals surface area contributed by atoms with E-state index in [0.29, 0.717) is 12.8 Å². The van der Waals surface area contributed by atoms with Crippen LogP contribution in [0.15, 0.2) is 43.2 Å². The Bertz CT molecular complexity index is 1140. The Hall–Kier alpha value is -3.13. The van der Waals surface area contributed by atoms with Gasteiger partial charge in [0.2, 0.25) is 0 Å². The molecule has 3 rings (SSSR count). The van der Waals surface area contributed by atoms with Gasteiger partial charge in [-0.05, 0) is 57.2 Å². The van der Waals surface area contributed by atoms with E-state index in [2.05, 4.69) is 23.0 Å². The summed E-state index contributed by atoms with van der Waals surface area (Å²) in [4.78, 5) is 27.6. The molecule has 1 aromatic carbocycles. The van der Waals surface area contributed by atoms with Gasteiger partial charge in [-0.3, -0.25) is 4.79 Å². The van der Waals surface area contributed by atoms with E-state index in [1.54, 1.807) is 23.6 Å². The van der Waals surface area contributed by atoms with Gasteiger partial charge in [-0.2, -0.15) is 4.73 Å². The smallest absolute Gasteiger partial charge is 0.309 e. The Balaban J connectivity index is 1.69. The number of benzene rings is 1. The monoisotopic (exact) mass is 496 g/mol. The van der Waals surface area contributed by atoms with Crippen molar-refractivity contribution in [2.75, 3.05) is 6.61 Å². The summed E-state index contributed by atoms with van der Waals surface area (Å²) < 4.78 is 9.35. The fraction of sp³-hybridized carbons (Fsp3) is 0.536. The largest absolute Gasteiger partial charge is 0.461 e. The number of hydrogen-bond acceptors (Lipinski definition) is 6. The molecule has 8 nitrogen and oxygen atoms in total. The minimum absolute atomic E-state index is 0.0477. The average Bonchev–Trinajstić information content (AvgIpc) is 3.45. The van der Waals surface area contributed by atoms with Crippen LogP contribution in [0.3, 0.4) is 0 Å². The molecule has 0 aliphatic rings. The van der Waals surface area contributed by atoms with Gasteiger partial charge in [0.25, 0.3) is 0 Å². The highest BCUT2D eigenvalue weighted by Gasteiger charge is 2.29. The van der Waals surface area contributed by atoms with E-state index >= 15 is 0 Å². The molecule has 2 aromatic heterocycles. The van der Waals surface area contributed by atoms with Crippen LogP contribution in [0, 0.1) is 18.8 Å². The number of carbonyl (C=O) groups is 1. The first-order valence-electron chi connectivity index (χ1n) is 12.6. The molecular weight excluding hydrogens is 456 g/mol. The van der Waals surface area contributed by atoms with Crippen LogP contribution in [-0.2, 0) is 29.6 Å². The average molecular weight is 497 g/mol. The number of esters is 1. The van der Waals surface area contributed by atoms with Crippen molar-refractivity contribution < 1.29 is 19.5 Å². The van der Waals surface area contributed by atoms with E-state index in [-0.39, 0.29) is 42.5 Å². The number of ether oxygens (including phenoxy) is 1. The molecule has 8 heteroatoms. The van der Waals surface area contributed by atoms with Gasteiger partial charge in [-0.1, -0.05) is 32.0 Å². The first-order valence-corrected chi connectivity index (χ1v) is 12.6. The van der Waals surface area contributed by atoms with Crippen LogP contribution >= 0.6 is 0 Å². The Kier molecular flexibility index (Phi) is 8.95. The topological polar surface area (TPSA) is 91.4 Å². The number of hydrogen-bond donors (Lipinski definition) is 1. The van der Waals surface area contributed by atoms with Gasteiger partial charge in [0.05, 0.1) is 24.1 Å². The Labute approximate surface area is 214 Å². The van der Waals surface area contributed by atoms with Gasteiger partial charge in [0.15, 0.2) is 0 Å². The maximum Gasteiger partial charge on any atom is 0.309 e. The summed E-state index contributed by atoms with van der Waals surface area (Å²) in [5, 5.41) is 10.0. The Morgan fingerprint density at radius 2 is 1.97 bits per heavy atom. The van der Waals surface area contributed by atoms with Gasteiger partial charge >= 0.3 is 5.97 Å². The Morgan fingerprint density at radius 1 is 1.22 bits per heavy atom. The van der Waals surface area contributed by atoms with Gasteiger partial charge in [0, 0.05) is 37.4 Å². The summed E-state index contributed by atoms with van der Waals surface area (Å²) >= 11 is 0. The van der Waals surface area contributed by atoms with Crippen molar-refractivity contribution in [3.05, 3.63) is 71.3 Å². The number of aliphatic hydroxyl groups is 1. The number of carbonyl (C=O) groups excluding carboxylic acids is 1. The number of nitrogens with zero attached hydrogens (tertiary/aromatic N) is 4. The minimum atomic E-state index is -0.390. The lowest BCUT2D eigenvalue weighted by Gasteiger charge is -2.23. The fourth-order valence-corrected chi connectivity index (χ4v) is 4.53. The van der Waals surface area contributed by atoms with E-state index < -0.39 is 0 Å². The third kappa shape index (κ3) is 6.75. The van der Waals surface area contributed by atoms with Gasteiger partial charge in [-0.25, -0.2) is 9.97 Å². The van der Waals surface area contributed by atoms with Crippen LogP contribution in [0.5, 0.6) is 0 Å². The number of aryl methyl sites for hydroxylation is 1. The molecule has 196 valence electrons. The zero-order valence-electron chi connectivity index (χ0n) is 22.6. The molecule has 0 fully saturated rings. The van der Waals surface area contributed by atoms with Gasteiger partial charge in [0.1, 0.15) is 18.5 Å². The zero-order chi connectivity index (χ0) is 26.5. The van der Waals surface area contributed by atoms with Crippen molar-refractivity contribution in [2.45, 2.75) is 72.5 Å². The van der Waals surface area contributed by atoms with Crippen LogP contribution < -0.4 is 4.84 Å². The van der Waals surface area contributed by atoms with Crippen molar-refractivity contribution >= 4 is 5.97 Å². The van der Waals surface area contributed by atoms with Crippen molar-refractivity contribution in [2.24, 2.45) is 18.9 Å². The van der Waals surface area contributed by atoms with Crippen molar-refractivity contribution in [3.8, 4) is 0 Å². The van der Waals surface area contributed by atoms with E-state index in [1.807, 2.05) is 64.6 Å². The highest BCUT2D eigenvalue weighted by Crippen LogP contribution is 2.28. The number of aliphatic hydroxyl groups excluding tert-OH is 1. The minimum Gasteiger partial charge on any atom is -0.461 e. The molecule has 3 aromatic rings. The standard InChI is InChI=1S/C28H40N4O4/c1-8-24(22(15-33)12-23-13-29-17-31(23)7)27(34)35-16-21-10-9-11-25(19(21)2)20(3)26-14-32(18-30-26)36-28(4,5)6/h9-11,13-14,17-18,20,22,24,33H,8,12,15-16H2,1-7H3/t20-,22-,24-/m0/s1. The van der Waals surface area contributed by atoms with E-state index in [9.17, 15) is 9.90 Å². The molecule has 1 N–H and O–H groups in total. The van der Waals surface area contributed by atoms with Crippen LogP contribution in [0.4, 0.5) is 0 Å². The second kappa shape index (κ2) is 11.7. The molecule has 0 radical (unpaired) electrons.